The van der Waals surface area contributed by atoms with Gasteiger partial charge >= 0.3 is 0 Å². The molecule has 142 valence electrons. The molecule has 0 unspecified atom stereocenters. The lowest BCUT2D eigenvalue weighted by Gasteiger charge is -2.37. The lowest BCUT2D eigenvalue weighted by atomic mass is 10.2. The molecule has 1 N–H and O–H groups in total. The van der Waals surface area contributed by atoms with Crippen LogP contribution in [-0.4, -0.2) is 29.4 Å². The summed E-state index contributed by atoms with van der Waals surface area (Å²) in [4.78, 5) is 0.286. The third kappa shape index (κ3) is 6.70. The number of hydrogen-bond donors (Lipinski definition) is 1. The zero-order valence-corrected chi connectivity index (χ0v) is 18.2. The Labute approximate surface area is 154 Å². The summed E-state index contributed by atoms with van der Waals surface area (Å²) < 4.78 is 34.4. The number of nitrogens with one attached hydrogen (secondary N) is 1. The van der Waals surface area contributed by atoms with Crippen LogP contribution in [0.15, 0.2) is 41.8 Å². The van der Waals surface area contributed by atoms with E-state index in [2.05, 4.69) is 45.2 Å². The van der Waals surface area contributed by atoms with E-state index in [9.17, 15) is 8.42 Å². The largest absolute Gasteiger partial charge is 0.415 e. The van der Waals surface area contributed by atoms with Gasteiger partial charge in [0.2, 0.25) is 10.0 Å². The molecule has 0 amide bonds. The summed E-state index contributed by atoms with van der Waals surface area (Å²) in [5.41, 5.74) is 1.03. The van der Waals surface area contributed by atoms with Crippen molar-refractivity contribution in [3.05, 3.63) is 42.5 Å². The van der Waals surface area contributed by atoms with E-state index in [0.29, 0.717) is 13.0 Å². The van der Waals surface area contributed by atoms with Crippen molar-refractivity contribution < 1.29 is 12.8 Å². The average Bonchev–Trinajstić information content (AvgIpc) is 2.49. The van der Waals surface area contributed by atoms with E-state index < -0.39 is 18.3 Å². The van der Waals surface area contributed by atoms with Crippen molar-refractivity contribution in [3.8, 4) is 0 Å². The molecule has 0 aliphatic carbocycles. The molecular formula is C19H33NO3SSi. The molecule has 25 heavy (non-hydrogen) atoms. The first-order valence-electron chi connectivity index (χ1n) is 8.73. The Morgan fingerprint density at radius 3 is 2.28 bits per heavy atom. The molecule has 1 aromatic rings. The Morgan fingerprint density at radius 1 is 1.24 bits per heavy atom. The van der Waals surface area contributed by atoms with Crippen molar-refractivity contribution in [1.29, 1.82) is 0 Å². The zero-order valence-electron chi connectivity index (χ0n) is 16.4. The van der Waals surface area contributed by atoms with Gasteiger partial charge in [0.25, 0.3) is 0 Å². The smallest absolute Gasteiger partial charge is 0.240 e. The van der Waals surface area contributed by atoms with E-state index in [1.807, 2.05) is 6.92 Å². The average molecular weight is 384 g/mol. The van der Waals surface area contributed by atoms with Crippen LogP contribution in [0.3, 0.4) is 0 Å². The highest BCUT2D eigenvalue weighted by molar-refractivity contribution is 7.89. The second-order valence-electron chi connectivity index (χ2n) is 8.07. The summed E-state index contributed by atoms with van der Waals surface area (Å²) in [5.74, 6) is 0. The van der Waals surface area contributed by atoms with E-state index in [0.717, 1.165) is 12.0 Å². The Bertz CT molecular complexity index is 661. The van der Waals surface area contributed by atoms with Crippen molar-refractivity contribution in [2.24, 2.45) is 0 Å². The van der Waals surface area contributed by atoms with Gasteiger partial charge in [-0.2, -0.15) is 0 Å². The van der Waals surface area contributed by atoms with Crippen LogP contribution in [0.25, 0.3) is 0 Å². The van der Waals surface area contributed by atoms with E-state index in [4.69, 9.17) is 4.43 Å². The molecular weight excluding hydrogens is 350 g/mol. The summed E-state index contributed by atoms with van der Waals surface area (Å²) in [5, 5.41) is 0.0891. The fourth-order valence-corrected chi connectivity index (χ4v) is 4.33. The topological polar surface area (TPSA) is 55.4 Å². The lowest BCUT2D eigenvalue weighted by molar-refractivity contribution is 0.250. The molecule has 0 aromatic heterocycles. The standard InChI is InChI=1S/C19H33NO3SSi/c1-8-9-10-17(15-23-25(6,7)19(3,4)5)20-24(21,22)18-13-11-16(2)12-14-18/h8,11-14,17,20H,1,9-10,15H2,2-7H3/t17-/m1/s1. The molecule has 0 aliphatic heterocycles. The molecule has 4 nitrogen and oxygen atoms in total. The van der Waals surface area contributed by atoms with Crippen molar-refractivity contribution in [2.75, 3.05) is 6.61 Å². The van der Waals surface area contributed by atoms with Gasteiger partial charge in [0, 0.05) is 6.04 Å². The van der Waals surface area contributed by atoms with Gasteiger partial charge < -0.3 is 4.43 Å². The molecule has 1 rings (SSSR count). The second kappa shape index (κ2) is 8.62. The molecule has 0 radical (unpaired) electrons. The molecule has 0 aliphatic rings. The molecule has 0 bridgehead atoms. The van der Waals surface area contributed by atoms with Crippen LogP contribution in [0.2, 0.25) is 18.1 Å². The molecule has 0 fully saturated rings. The first-order chi connectivity index (χ1) is 11.4. The van der Waals surface area contributed by atoms with Gasteiger partial charge in [-0.25, -0.2) is 13.1 Å². The van der Waals surface area contributed by atoms with Crippen LogP contribution in [0, 0.1) is 6.92 Å². The normalized spacial score (nSPS) is 14.3. The van der Waals surface area contributed by atoms with Gasteiger partial charge in [-0.3, -0.25) is 0 Å². The SMILES string of the molecule is C=CCC[C@H](CO[Si](C)(C)C(C)(C)C)NS(=O)(=O)c1ccc(C)cc1. The number of hydrogen-bond acceptors (Lipinski definition) is 3. The summed E-state index contributed by atoms with van der Waals surface area (Å²) in [7, 11) is -5.49. The zero-order chi connectivity index (χ0) is 19.3. The number of rotatable bonds is 9. The predicted octanol–water partition coefficient (Wildman–Crippen LogP) is 4.63. The first-order valence-corrected chi connectivity index (χ1v) is 13.1. The summed E-state index contributed by atoms with van der Waals surface area (Å²) >= 11 is 0. The molecule has 1 aromatic carbocycles. The van der Waals surface area contributed by atoms with Gasteiger partial charge in [0.15, 0.2) is 8.32 Å². The highest BCUT2D eigenvalue weighted by atomic mass is 32.2. The first kappa shape index (κ1) is 22.1. The molecule has 0 saturated carbocycles. The summed E-state index contributed by atoms with van der Waals surface area (Å²) in [6, 6.07) is 6.62. The minimum atomic E-state index is -3.56. The Balaban J connectivity index is 2.88. The van der Waals surface area contributed by atoms with Crippen molar-refractivity contribution in [3.63, 3.8) is 0 Å². The minimum absolute atomic E-state index is 0.0891. The number of benzene rings is 1. The van der Waals surface area contributed by atoms with E-state index in [1.165, 1.54) is 0 Å². The number of allylic oxidation sites excluding steroid dienone is 1. The molecule has 0 heterocycles. The molecule has 0 spiro atoms. The number of sulfonamides is 1. The second-order valence-corrected chi connectivity index (χ2v) is 14.6. The fourth-order valence-electron chi connectivity index (χ4n) is 2.03. The molecule has 1 atom stereocenters. The van der Waals surface area contributed by atoms with Crippen LogP contribution in [0.4, 0.5) is 0 Å². The van der Waals surface area contributed by atoms with E-state index in [1.54, 1.807) is 30.3 Å². The Morgan fingerprint density at radius 2 is 1.80 bits per heavy atom. The minimum Gasteiger partial charge on any atom is -0.415 e. The third-order valence-corrected chi connectivity index (χ3v) is 10.9. The van der Waals surface area contributed by atoms with E-state index in [-0.39, 0.29) is 16.0 Å². The molecule has 6 heteroatoms. The van der Waals surface area contributed by atoms with Gasteiger partial charge in [-0.05, 0) is 50.0 Å². The number of aryl methyl sites for hydroxylation is 1. The van der Waals surface area contributed by atoms with Gasteiger partial charge in [0.1, 0.15) is 0 Å². The Kier molecular flexibility index (Phi) is 7.62. The van der Waals surface area contributed by atoms with Crippen LogP contribution in [0.1, 0.15) is 39.2 Å². The molecule has 0 saturated heterocycles. The maximum absolute atomic E-state index is 12.7. The third-order valence-electron chi connectivity index (χ3n) is 4.82. The van der Waals surface area contributed by atoms with Crippen LogP contribution in [-0.2, 0) is 14.4 Å². The highest BCUT2D eigenvalue weighted by Gasteiger charge is 2.37. The van der Waals surface area contributed by atoms with Gasteiger partial charge in [-0.15, -0.1) is 6.58 Å². The lowest BCUT2D eigenvalue weighted by Crippen LogP contribution is -2.46. The van der Waals surface area contributed by atoms with E-state index >= 15 is 0 Å². The summed E-state index contributed by atoms with van der Waals surface area (Å²) in [6.07, 6.45) is 3.21. The van der Waals surface area contributed by atoms with Crippen molar-refractivity contribution >= 4 is 18.3 Å². The summed E-state index contributed by atoms with van der Waals surface area (Å²) in [6.45, 7) is 16.9. The van der Waals surface area contributed by atoms with Crippen molar-refractivity contribution in [1.82, 2.24) is 4.72 Å². The van der Waals surface area contributed by atoms with Gasteiger partial charge in [-0.1, -0.05) is 44.5 Å². The highest BCUT2D eigenvalue weighted by Crippen LogP contribution is 2.36. The maximum atomic E-state index is 12.7. The van der Waals surface area contributed by atoms with Crippen LogP contribution < -0.4 is 4.72 Å². The monoisotopic (exact) mass is 383 g/mol. The van der Waals surface area contributed by atoms with Crippen molar-refractivity contribution in [2.45, 2.75) is 69.6 Å². The van der Waals surface area contributed by atoms with Crippen LogP contribution >= 0.6 is 0 Å². The van der Waals surface area contributed by atoms with Crippen LogP contribution in [0.5, 0.6) is 0 Å². The maximum Gasteiger partial charge on any atom is 0.240 e. The predicted molar refractivity (Wildman–Crippen MR) is 108 cm³/mol. The Hall–Kier alpha value is -0.953. The fraction of sp³-hybridized carbons (Fsp3) is 0.579. The van der Waals surface area contributed by atoms with Gasteiger partial charge in [0.05, 0.1) is 11.5 Å². The quantitative estimate of drug-likeness (QED) is 0.499.